The van der Waals surface area contributed by atoms with E-state index in [2.05, 4.69) is 4.52 Å². The predicted molar refractivity (Wildman–Crippen MR) is 11.1 cm³/mol. The summed E-state index contributed by atoms with van der Waals surface area (Å²) >= 11 is -1.30. The molecular weight excluding hydrogens is 187 g/mol. The first-order valence-corrected chi connectivity index (χ1v) is 4.42. The standard InChI is InChI=1S/H2O4S.Zr/c1-5(2,3)4;/h(H2,1,2,3,4);/q;+2/p-2. The van der Waals surface area contributed by atoms with E-state index in [0.717, 1.165) is 0 Å². The number of hydrogen-bond donors (Lipinski definition) is 0. The third-order valence-corrected chi connectivity index (χ3v) is 4.83. The Bertz CT molecular complexity index is 122. The summed E-state index contributed by atoms with van der Waals surface area (Å²) in [6.45, 7) is 0. The van der Waals surface area contributed by atoms with Crippen LogP contribution in [0.5, 0.6) is 0 Å². The molecule has 1 rings (SSSR count). The van der Waals surface area contributed by atoms with E-state index >= 15 is 0 Å². The molecule has 0 aromatic rings. The average molecular weight is 187 g/mol. The molecule has 0 radical (unpaired) electrons. The second-order valence-corrected chi connectivity index (χ2v) is 4.68. The summed E-state index contributed by atoms with van der Waals surface area (Å²) in [5.74, 6) is 0. The molecule has 0 spiro atoms. The van der Waals surface area contributed by atoms with E-state index in [0.29, 0.717) is 0 Å². The molecule has 0 saturated carbocycles. The van der Waals surface area contributed by atoms with Gasteiger partial charge >= 0.3 is 47.5 Å². The van der Waals surface area contributed by atoms with Crippen molar-refractivity contribution in [2.24, 2.45) is 0 Å². The van der Waals surface area contributed by atoms with Gasteiger partial charge in [0.05, 0.1) is 0 Å². The Morgan fingerprint density at radius 2 is 1.67 bits per heavy atom. The maximum absolute atomic E-state index is 9.68. The van der Waals surface area contributed by atoms with Crippen molar-refractivity contribution < 1.29 is 37.1 Å². The van der Waals surface area contributed by atoms with Gasteiger partial charge in [-0.1, -0.05) is 0 Å². The molecule has 0 aliphatic carbocycles. The molecule has 1 saturated heterocycles. The van der Waals surface area contributed by atoms with Gasteiger partial charge in [-0.15, -0.1) is 0 Å². The summed E-state index contributed by atoms with van der Waals surface area (Å²) in [6, 6.07) is 0. The van der Waals surface area contributed by atoms with Crippen LogP contribution in [0.25, 0.3) is 0 Å². The van der Waals surface area contributed by atoms with Gasteiger partial charge in [0.25, 0.3) is 0 Å². The van der Waals surface area contributed by atoms with Gasteiger partial charge in [0.15, 0.2) is 0 Å². The Morgan fingerprint density at radius 1 is 1.33 bits per heavy atom. The van der Waals surface area contributed by atoms with Crippen molar-refractivity contribution in [1.82, 2.24) is 0 Å². The van der Waals surface area contributed by atoms with Crippen LogP contribution in [0.1, 0.15) is 0 Å². The second kappa shape index (κ2) is 1.37. The zero-order valence-electron chi connectivity index (χ0n) is 2.54. The van der Waals surface area contributed by atoms with E-state index in [-0.39, 0.29) is 0 Å². The Labute approximate surface area is 47.6 Å². The minimum atomic E-state index is -3.41. The Hall–Kier alpha value is 0.753. The third-order valence-electron chi connectivity index (χ3n) is 0.272. The quantitative estimate of drug-likeness (QED) is 0.498. The van der Waals surface area contributed by atoms with Gasteiger partial charge in [-0.25, -0.2) is 0 Å². The fourth-order valence-electron chi connectivity index (χ4n) is 0.0896. The maximum atomic E-state index is 9.68. The van der Waals surface area contributed by atoms with Crippen molar-refractivity contribution in [3.8, 4) is 0 Å². The van der Waals surface area contributed by atoms with Crippen molar-refractivity contribution >= 4 is 10.4 Å². The summed E-state index contributed by atoms with van der Waals surface area (Å²) in [5, 5.41) is 0. The van der Waals surface area contributed by atoms with Crippen molar-refractivity contribution in [3.05, 3.63) is 0 Å². The molecule has 0 aromatic carbocycles. The fraction of sp³-hybridized carbons (Fsp3) is 0. The van der Waals surface area contributed by atoms with E-state index in [1.807, 2.05) is 0 Å². The molecule has 0 N–H and O–H groups in total. The van der Waals surface area contributed by atoms with Gasteiger partial charge in [-0.05, 0) is 0 Å². The summed E-state index contributed by atoms with van der Waals surface area (Å²) in [6.07, 6.45) is 0. The van der Waals surface area contributed by atoms with Crippen LogP contribution in [0.4, 0.5) is 0 Å². The summed E-state index contributed by atoms with van der Waals surface area (Å²) in [7, 11) is -3.41. The molecule has 6 heavy (non-hydrogen) atoms. The molecule has 1 heterocycles. The van der Waals surface area contributed by atoms with Crippen LogP contribution in [0.15, 0.2) is 0 Å². The predicted octanol–water partition coefficient (Wildman–Crippen LogP) is -0.809. The zero-order valence-corrected chi connectivity index (χ0v) is 5.82. The molecule has 0 atom stereocenters. The molecular formula is O4SZr. The topological polar surface area (TPSA) is 52.6 Å². The first kappa shape index (κ1) is 4.90. The second-order valence-electron chi connectivity index (χ2n) is 0.658. The van der Waals surface area contributed by atoms with Gasteiger partial charge in [-0.2, -0.15) is 0 Å². The third kappa shape index (κ3) is 0.874. The molecule has 0 aromatic heterocycles. The molecule has 0 amide bonds. The molecule has 1 aliphatic heterocycles. The van der Waals surface area contributed by atoms with E-state index < -0.39 is 34.5 Å². The minimum absolute atomic E-state index is 1.30. The van der Waals surface area contributed by atoms with Crippen LogP contribution in [-0.4, -0.2) is 8.42 Å². The van der Waals surface area contributed by atoms with Crippen LogP contribution >= 0.6 is 0 Å². The molecule has 1 fully saturated rings. The summed E-state index contributed by atoms with van der Waals surface area (Å²) in [5.41, 5.74) is 0. The van der Waals surface area contributed by atoms with E-state index in [9.17, 15) is 8.42 Å². The molecule has 0 unspecified atom stereocenters. The van der Waals surface area contributed by atoms with Crippen LogP contribution in [0.3, 0.4) is 0 Å². The molecule has 34 valence electrons. The first-order valence-electron chi connectivity index (χ1n) is 1.07. The number of rotatable bonds is 0. The Morgan fingerprint density at radius 3 is 1.67 bits per heavy atom. The van der Waals surface area contributed by atoms with Crippen molar-refractivity contribution in [3.63, 3.8) is 0 Å². The van der Waals surface area contributed by atoms with Crippen LogP contribution in [0, 0.1) is 0 Å². The molecule has 0 bridgehead atoms. The molecule has 1 aliphatic rings. The normalized spacial score (nSPS) is 27.3. The summed E-state index contributed by atoms with van der Waals surface area (Å²) in [4.78, 5) is 0. The van der Waals surface area contributed by atoms with E-state index in [1.54, 1.807) is 0 Å². The zero-order chi connectivity index (χ0) is 4.62. The van der Waals surface area contributed by atoms with E-state index in [1.165, 1.54) is 0 Å². The molecule has 4 nitrogen and oxygen atoms in total. The molecule has 6 heteroatoms. The van der Waals surface area contributed by atoms with Gasteiger partial charge in [-0.3, -0.25) is 0 Å². The SMILES string of the molecule is O=S1(=O)[O][Zr][O]1. The average Bonchev–Trinajstić information content (AvgIpc) is 1.32. The first-order chi connectivity index (χ1) is 2.71. The van der Waals surface area contributed by atoms with E-state index in [4.69, 9.17) is 0 Å². The van der Waals surface area contributed by atoms with Crippen LogP contribution < -0.4 is 0 Å². The Kier molecular flexibility index (Phi) is 1.12. The van der Waals surface area contributed by atoms with Gasteiger partial charge in [0.1, 0.15) is 0 Å². The monoisotopic (exact) mass is 186 g/mol. The fourth-order valence-corrected chi connectivity index (χ4v) is 1.59. The van der Waals surface area contributed by atoms with Crippen LogP contribution in [-0.2, 0) is 39.0 Å². The van der Waals surface area contributed by atoms with Crippen molar-refractivity contribution in [2.75, 3.05) is 0 Å². The van der Waals surface area contributed by atoms with Crippen molar-refractivity contribution in [1.29, 1.82) is 0 Å². The Balaban J connectivity index is 2.78. The van der Waals surface area contributed by atoms with Crippen LogP contribution in [0.2, 0.25) is 0 Å². The van der Waals surface area contributed by atoms with Gasteiger partial charge < -0.3 is 0 Å². The summed E-state index contributed by atoms with van der Waals surface area (Å²) < 4.78 is 27.4. The van der Waals surface area contributed by atoms with Crippen molar-refractivity contribution in [2.45, 2.75) is 0 Å². The van der Waals surface area contributed by atoms with Gasteiger partial charge in [0, 0.05) is 0 Å². The van der Waals surface area contributed by atoms with Gasteiger partial charge in [0.2, 0.25) is 0 Å². The number of hydrogen-bond acceptors (Lipinski definition) is 4.